The van der Waals surface area contributed by atoms with Crippen molar-refractivity contribution in [3.05, 3.63) is 16.1 Å². The fourth-order valence-electron chi connectivity index (χ4n) is 2.01. The fourth-order valence-corrected chi connectivity index (χ4v) is 4.04. The van der Waals surface area contributed by atoms with E-state index < -0.39 is 5.60 Å². The summed E-state index contributed by atoms with van der Waals surface area (Å²) in [6.45, 7) is 2.65. The summed E-state index contributed by atoms with van der Waals surface area (Å²) in [7, 11) is 0. The smallest absolute Gasteiger partial charge is 0.252 e. The van der Waals surface area contributed by atoms with E-state index in [1.165, 1.54) is 4.88 Å². The molecule has 2 heterocycles. The van der Waals surface area contributed by atoms with Gasteiger partial charge in [0, 0.05) is 24.0 Å². The lowest BCUT2D eigenvalue weighted by atomic mass is 9.96. The molecule has 1 aliphatic heterocycles. The number of carbonyl (C=O) groups excluding carboxylic acids is 1. The van der Waals surface area contributed by atoms with E-state index in [0.717, 1.165) is 29.4 Å². The molecule has 1 aliphatic rings. The minimum atomic E-state index is -1.15. The van der Waals surface area contributed by atoms with Crippen molar-refractivity contribution in [3.8, 4) is 0 Å². The molecule has 0 saturated carbocycles. The van der Waals surface area contributed by atoms with E-state index in [-0.39, 0.29) is 5.91 Å². The zero-order chi connectivity index (χ0) is 13.7. The molecule has 0 aliphatic carbocycles. The third-order valence-electron chi connectivity index (χ3n) is 3.32. The topological polar surface area (TPSA) is 62.2 Å². The predicted molar refractivity (Wildman–Crippen MR) is 79.7 cm³/mol. The molecule has 0 spiro atoms. The van der Waals surface area contributed by atoms with Gasteiger partial charge in [-0.1, -0.05) is 6.92 Å². The van der Waals surface area contributed by atoms with Crippen LogP contribution in [0.2, 0.25) is 0 Å². The average Bonchev–Trinajstić information content (AvgIpc) is 2.87. The molecule has 106 valence electrons. The van der Waals surface area contributed by atoms with Crippen LogP contribution in [0.25, 0.3) is 0 Å². The lowest BCUT2D eigenvalue weighted by Crippen LogP contribution is -2.49. The molecule has 1 fully saturated rings. The van der Waals surface area contributed by atoms with E-state index in [0.29, 0.717) is 19.4 Å². The van der Waals surface area contributed by atoms with Crippen LogP contribution >= 0.6 is 23.1 Å². The molecule has 6 heteroatoms. The number of hydrogen-bond acceptors (Lipinski definition) is 5. The van der Waals surface area contributed by atoms with Crippen molar-refractivity contribution in [3.63, 3.8) is 0 Å². The monoisotopic (exact) mass is 300 g/mol. The SMILES string of the molecule is CCc1cnc(CCNC(=O)C2(O)CCSCC2)s1. The number of aryl methyl sites for hydroxylation is 1. The van der Waals surface area contributed by atoms with Crippen LogP contribution in [0.15, 0.2) is 6.20 Å². The van der Waals surface area contributed by atoms with Gasteiger partial charge in [-0.15, -0.1) is 11.3 Å². The second-order valence-corrected chi connectivity index (χ2v) is 7.15. The Labute approximate surface area is 122 Å². The summed E-state index contributed by atoms with van der Waals surface area (Å²) in [6.07, 6.45) is 4.75. The fraction of sp³-hybridized carbons (Fsp3) is 0.692. The third kappa shape index (κ3) is 3.94. The Balaban J connectivity index is 1.77. The van der Waals surface area contributed by atoms with E-state index >= 15 is 0 Å². The van der Waals surface area contributed by atoms with Crippen LogP contribution in [-0.2, 0) is 17.6 Å². The highest BCUT2D eigenvalue weighted by atomic mass is 32.2. The van der Waals surface area contributed by atoms with Crippen LogP contribution in [0, 0.1) is 0 Å². The van der Waals surface area contributed by atoms with Gasteiger partial charge in [0.1, 0.15) is 5.60 Å². The summed E-state index contributed by atoms with van der Waals surface area (Å²) < 4.78 is 0. The highest BCUT2D eigenvalue weighted by Crippen LogP contribution is 2.26. The van der Waals surface area contributed by atoms with E-state index in [1.54, 1.807) is 23.1 Å². The second-order valence-electron chi connectivity index (χ2n) is 4.72. The molecule has 4 nitrogen and oxygen atoms in total. The number of hydrogen-bond donors (Lipinski definition) is 2. The highest BCUT2D eigenvalue weighted by Gasteiger charge is 2.36. The number of rotatable bonds is 5. The Morgan fingerprint density at radius 3 is 2.89 bits per heavy atom. The van der Waals surface area contributed by atoms with Gasteiger partial charge in [-0.2, -0.15) is 11.8 Å². The van der Waals surface area contributed by atoms with Crippen molar-refractivity contribution >= 4 is 29.0 Å². The molecule has 1 aromatic rings. The highest BCUT2D eigenvalue weighted by molar-refractivity contribution is 7.99. The molecule has 0 radical (unpaired) electrons. The number of carbonyl (C=O) groups is 1. The Morgan fingerprint density at radius 1 is 1.53 bits per heavy atom. The van der Waals surface area contributed by atoms with E-state index in [1.807, 2.05) is 6.20 Å². The Morgan fingerprint density at radius 2 is 2.26 bits per heavy atom. The van der Waals surface area contributed by atoms with E-state index in [9.17, 15) is 9.90 Å². The van der Waals surface area contributed by atoms with Crippen LogP contribution < -0.4 is 5.32 Å². The first-order valence-electron chi connectivity index (χ1n) is 6.66. The number of aliphatic hydroxyl groups is 1. The molecule has 0 atom stereocenters. The first kappa shape index (κ1) is 14.8. The third-order valence-corrected chi connectivity index (χ3v) is 5.50. The van der Waals surface area contributed by atoms with E-state index in [2.05, 4.69) is 17.2 Å². The molecule has 1 aromatic heterocycles. The van der Waals surface area contributed by atoms with Crippen LogP contribution in [-0.4, -0.2) is 39.6 Å². The van der Waals surface area contributed by atoms with Crippen molar-refractivity contribution in [1.29, 1.82) is 0 Å². The zero-order valence-electron chi connectivity index (χ0n) is 11.1. The molecule has 2 N–H and O–H groups in total. The molecule has 0 bridgehead atoms. The number of nitrogens with one attached hydrogen (secondary N) is 1. The molecule has 1 saturated heterocycles. The van der Waals surface area contributed by atoms with Gasteiger partial charge in [-0.25, -0.2) is 4.98 Å². The molecular weight excluding hydrogens is 280 g/mol. The van der Waals surface area contributed by atoms with Gasteiger partial charge in [0.15, 0.2) is 0 Å². The van der Waals surface area contributed by atoms with Crippen molar-refractivity contribution in [1.82, 2.24) is 10.3 Å². The number of nitrogens with zero attached hydrogens (tertiary/aromatic N) is 1. The summed E-state index contributed by atoms with van der Waals surface area (Å²) in [6, 6.07) is 0. The van der Waals surface area contributed by atoms with Gasteiger partial charge in [-0.05, 0) is 30.8 Å². The van der Waals surface area contributed by atoms with Crippen LogP contribution in [0.1, 0.15) is 29.7 Å². The maximum absolute atomic E-state index is 12.0. The van der Waals surface area contributed by atoms with Crippen molar-refractivity contribution < 1.29 is 9.90 Å². The maximum Gasteiger partial charge on any atom is 0.252 e. The van der Waals surface area contributed by atoms with Gasteiger partial charge >= 0.3 is 0 Å². The predicted octanol–water partition coefficient (Wildman–Crippen LogP) is 1.62. The standard InChI is InChI=1S/C13H20N2O2S2/c1-2-10-9-15-11(19-10)3-6-14-12(16)13(17)4-7-18-8-5-13/h9,17H,2-8H2,1H3,(H,14,16). The lowest BCUT2D eigenvalue weighted by Gasteiger charge is -2.30. The Kier molecular flexibility index (Phi) is 5.24. The summed E-state index contributed by atoms with van der Waals surface area (Å²) in [4.78, 5) is 17.6. The van der Waals surface area contributed by atoms with Crippen LogP contribution in [0.5, 0.6) is 0 Å². The molecule has 0 aromatic carbocycles. The molecule has 1 amide bonds. The van der Waals surface area contributed by atoms with Crippen molar-refractivity contribution in [2.24, 2.45) is 0 Å². The average molecular weight is 300 g/mol. The van der Waals surface area contributed by atoms with Gasteiger partial charge in [0.2, 0.25) is 0 Å². The van der Waals surface area contributed by atoms with Crippen LogP contribution in [0.4, 0.5) is 0 Å². The summed E-state index contributed by atoms with van der Waals surface area (Å²) in [5.74, 6) is 1.49. The van der Waals surface area contributed by atoms with Crippen molar-refractivity contribution in [2.75, 3.05) is 18.1 Å². The summed E-state index contributed by atoms with van der Waals surface area (Å²) in [5.41, 5.74) is -1.15. The minimum absolute atomic E-state index is 0.222. The first-order chi connectivity index (χ1) is 9.14. The normalized spacial score (nSPS) is 18.2. The van der Waals surface area contributed by atoms with Gasteiger partial charge in [0.05, 0.1) is 5.01 Å². The number of thiazole rings is 1. The Bertz CT molecular complexity index is 428. The van der Waals surface area contributed by atoms with E-state index in [4.69, 9.17) is 0 Å². The van der Waals surface area contributed by atoms with Gasteiger partial charge in [0.25, 0.3) is 5.91 Å². The van der Waals surface area contributed by atoms with Crippen molar-refractivity contribution in [2.45, 2.75) is 38.2 Å². The Hall–Kier alpha value is -0.590. The maximum atomic E-state index is 12.0. The zero-order valence-corrected chi connectivity index (χ0v) is 12.8. The van der Waals surface area contributed by atoms with Crippen LogP contribution in [0.3, 0.4) is 0 Å². The lowest BCUT2D eigenvalue weighted by molar-refractivity contribution is -0.140. The molecule has 0 unspecified atom stereocenters. The molecular formula is C13H20N2O2S2. The molecule has 19 heavy (non-hydrogen) atoms. The molecule has 2 rings (SSSR count). The first-order valence-corrected chi connectivity index (χ1v) is 8.63. The minimum Gasteiger partial charge on any atom is -0.380 e. The second kappa shape index (κ2) is 6.72. The van der Waals surface area contributed by atoms with Gasteiger partial charge < -0.3 is 10.4 Å². The largest absolute Gasteiger partial charge is 0.380 e. The summed E-state index contributed by atoms with van der Waals surface area (Å²) in [5, 5.41) is 14.1. The van der Waals surface area contributed by atoms with Gasteiger partial charge in [-0.3, -0.25) is 4.79 Å². The number of amides is 1. The number of thioether (sulfide) groups is 1. The number of aromatic nitrogens is 1. The quantitative estimate of drug-likeness (QED) is 0.867. The summed E-state index contributed by atoms with van der Waals surface area (Å²) >= 11 is 3.48.